The molecule has 0 saturated carbocycles. The van der Waals surface area contributed by atoms with E-state index in [1.807, 2.05) is 60.4 Å². The predicted octanol–water partition coefficient (Wildman–Crippen LogP) is 2.50. The summed E-state index contributed by atoms with van der Waals surface area (Å²) in [7, 11) is 5.61. The van der Waals surface area contributed by atoms with Gasteiger partial charge in [0.05, 0.1) is 7.11 Å². The number of pyridine rings is 1. The van der Waals surface area contributed by atoms with Crippen molar-refractivity contribution in [3.63, 3.8) is 0 Å². The van der Waals surface area contributed by atoms with Gasteiger partial charge in [-0.05, 0) is 42.3 Å². The molecule has 2 aromatic rings. The third kappa shape index (κ3) is 4.98. The van der Waals surface area contributed by atoms with Gasteiger partial charge < -0.3 is 14.5 Å². The SMILES string of the molecule is COc1ccc(C(=O)N2CCCN(Cc3ccc(N(C)C)nc3)CC2)cc1. The first-order valence-corrected chi connectivity index (χ1v) is 9.35. The van der Waals surface area contributed by atoms with E-state index in [1.165, 1.54) is 5.56 Å². The molecule has 3 rings (SSSR count). The van der Waals surface area contributed by atoms with Crippen LogP contribution in [0.5, 0.6) is 5.75 Å². The summed E-state index contributed by atoms with van der Waals surface area (Å²) >= 11 is 0. The zero-order valence-electron chi connectivity index (χ0n) is 16.4. The number of carbonyl (C=O) groups excluding carboxylic acids is 1. The summed E-state index contributed by atoms with van der Waals surface area (Å²) in [4.78, 5) is 23.6. The van der Waals surface area contributed by atoms with Crippen LogP contribution in [-0.2, 0) is 6.54 Å². The number of anilines is 1. The molecule has 0 spiro atoms. The van der Waals surface area contributed by atoms with Gasteiger partial charge in [-0.2, -0.15) is 0 Å². The predicted molar refractivity (Wildman–Crippen MR) is 107 cm³/mol. The number of methoxy groups -OCH3 is 1. The van der Waals surface area contributed by atoms with Crippen LogP contribution in [0.15, 0.2) is 42.6 Å². The summed E-state index contributed by atoms with van der Waals surface area (Å²) in [6.07, 6.45) is 2.92. The normalized spacial score (nSPS) is 15.3. The lowest BCUT2D eigenvalue weighted by atomic mass is 10.2. The van der Waals surface area contributed by atoms with Gasteiger partial charge in [0, 0.05) is 58.6 Å². The van der Waals surface area contributed by atoms with Gasteiger partial charge in [0.25, 0.3) is 5.91 Å². The fourth-order valence-electron chi connectivity index (χ4n) is 3.28. The largest absolute Gasteiger partial charge is 0.497 e. The number of carbonyl (C=O) groups is 1. The molecule has 144 valence electrons. The third-order valence-electron chi connectivity index (χ3n) is 4.89. The minimum absolute atomic E-state index is 0.0940. The lowest BCUT2D eigenvalue weighted by molar-refractivity contribution is 0.0761. The summed E-state index contributed by atoms with van der Waals surface area (Å²) < 4.78 is 5.17. The summed E-state index contributed by atoms with van der Waals surface area (Å²) in [5.74, 6) is 1.82. The molecule has 1 amide bonds. The average Bonchev–Trinajstić information content (AvgIpc) is 2.93. The third-order valence-corrected chi connectivity index (χ3v) is 4.89. The second-order valence-electron chi connectivity index (χ2n) is 7.07. The molecule has 27 heavy (non-hydrogen) atoms. The molecule has 1 aliphatic rings. The Bertz CT molecular complexity index is 744. The fraction of sp³-hybridized carbons (Fsp3) is 0.429. The molecule has 0 aliphatic carbocycles. The first-order chi connectivity index (χ1) is 13.1. The summed E-state index contributed by atoms with van der Waals surface area (Å²) in [6, 6.07) is 11.5. The van der Waals surface area contributed by atoms with Crippen molar-refractivity contribution in [3.8, 4) is 5.75 Å². The molecule has 6 heteroatoms. The van der Waals surface area contributed by atoms with Crippen molar-refractivity contribution in [1.82, 2.24) is 14.8 Å². The molecule has 0 atom stereocenters. The van der Waals surface area contributed by atoms with Gasteiger partial charge >= 0.3 is 0 Å². The van der Waals surface area contributed by atoms with Crippen molar-refractivity contribution >= 4 is 11.7 Å². The Hall–Kier alpha value is -2.60. The first-order valence-electron chi connectivity index (χ1n) is 9.35. The smallest absolute Gasteiger partial charge is 0.253 e. The van der Waals surface area contributed by atoms with Crippen LogP contribution < -0.4 is 9.64 Å². The molecule has 1 aromatic carbocycles. The maximum atomic E-state index is 12.8. The molecule has 0 N–H and O–H groups in total. The van der Waals surface area contributed by atoms with Gasteiger partial charge in [-0.15, -0.1) is 0 Å². The lowest BCUT2D eigenvalue weighted by Crippen LogP contribution is -2.35. The van der Waals surface area contributed by atoms with Gasteiger partial charge in [-0.1, -0.05) is 6.07 Å². The minimum Gasteiger partial charge on any atom is -0.497 e. The minimum atomic E-state index is 0.0940. The van der Waals surface area contributed by atoms with Gasteiger partial charge in [0.15, 0.2) is 0 Å². The number of nitrogens with zero attached hydrogens (tertiary/aromatic N) is 4. The van der Waals surface area contributed by atoms with Crippen LogP contribution >= 0.6 is 0 Å². The molecule has 1 aliphatic heterocycles. The summed E-state index contributed by atoms with van der Waals surface area (Å²) in [6.45, 7) is 4.26. The second kappa shape index (κ2) is 8.86. The first kappa shape index (κ1) is 19.2. The van der Waals surface area contributed by atoms with Crippen LogP contribution in [0.1, 0.15) is 22.3 Å². The van der Waals surface area contributed by atoms with Crippen LogP contribution in [0.2, 0.25) is 0 Å². The molecule has 6 nitrogen and oxygen atoms in total. The lowest BCUT2D eigenvalue weighted by Gasteiger charge is -2.22. The number of aromatic nitrogens is 1. The van der Waals surface area contributed by atoms with Crippen LogP contribution in [0.3, 0.4) is 0 Å². The number of hydrogen-bond donors (Lipinski definition) is 0. The van der Waals surface area contributed by atoms with Crippen molar-refractivity contribution in [2.45, 2.75) is 13.0 Å². The van der Waals surface area contributed by atoms with E-state index in [-0.39, 0.29) is 5.91 Å². The topological polar surface area (TPSA) is 48.9 Å². The molecule has 1 fully saturated rings. The Balaban J connectivity index is 1.57. The van der Waals surface area contributed by atoms with Gasteiger partial charge in [0.1, 0.15) is 11.6 Å². The van der Waals surface area contributed by atoms with Crippen molar-refractivity contribution in [1.29, 1.82) is 0 Å². The Labute approximate surface area is 161 Å². The van der Waals surface area contributed by atoms with Gasteiger partial charge in [-0.3, -0.25) is 9.69 Å². The van der Waals surface area contributed by atoms with E-state index in [9.17, 15) is 4.79 Å². The highest BCUT2D eigenvalue weighted by Crippen LogP contribution is 2.16. The van der Waals surface area contributed by atoms with E-state index in [2.05, 4.69) is 16.0 Å². The molecular formula is C21H28N4O2. The number of amides is 1. The highest BCUT2D eigenvalue weighted by Gasteiger charge is 2.20. The van der Waals surface area contributed by atoms with E-state index in [0.29, 0.717) is 5.56 Å². The van der Waals surface area contributed by atoms with Crippen molar-refractivity contribution in [3.05, 3.63) is 53.7 Å². The summed E-state index contributed by atoms with van der Waals surface area (Å²) in [5, 5.41) is 0. The van der Waals surface area contributed by atoms with E-state index >= 15 is 0 Å². The highest BCUT2D eigenvalue weighted by molar-refractivity contribution is 5.94. The Morgan fingerprint density at radius 1 is 1.07 bits per heavy atom. The quantitative estimate of drug-likeness (QED) is 0.812. The average molecular weight is 368 g/mol. The number of hydrogen-bond acceptors (Lipinski definition) is 5. The Kier molecular flexibility index (Phi) is 6.29. The van der Waals surface area contributed by atoms with Crippen LogP contribution in [0.25, 0.3) is 0 Å². The van der Waals surface area contributed by atoms with E-state index < -0.39 is 0 Å². The molecule has 1 saturated heterocycles. The van der Waals surface area contributed by atoms with Crippen LogP contribution in [-0.4, -0.2) is 68.1 Å². The molecular weight excluding hydrogens is 340 g/mol. The highest BCUT2D eigenvalue weighted by atomic mass is 16.5. The van der Waals surface area contributed by atoms with Crippen molar-refractivity contribution in [2.24, 2.45) is 0 Å². The Morgan fingerprint density at radius 3 is 2.48 bits per heavy atom. The van der Waals surface area contributed by atoms with Crippen molar-refractivity contribution < 1.29 is 9.53 Å². The monoisotopic (exact) mass is 368 g/mol. The Morgan fingerprint density at radius 2 is 1.85 bits per heavy atom. The molecule has 1 aromatic heterocycles. The molecule has 0 bridgehead atoms. The van der Waals surface area contributed by atoms with E-state index in [1.54, 1.807) is 7.11 Å². The zero-order chi connectivity index (χ0) is 19.2. The molecule has 0 unspecified atom stereocenters. The molecule has 2 heterocycles. The van der Waals surface area contributed by atoms with Crippen LogP contribution in [0, 0.1) is 0 Å². The second-order valence-corrected chi connectivity index (χ2v) is 7.07. The van der Waals surface area contributed by atoms with Crippen molar-refractivity contribution in [2.75, 3.05) is 52.3 Å². The maximum Gasteiger partial charge on any atom is 0.253 e. The van der Waals surface area contributed by atoms with E-state index in [4.69, 9.17) is 4.74 Å². The van der Waals surface area contributed by atoms with Crippen LogP contribution in [0.4, 0.5) is 5.82 Å². The van der Waals surface area contributed by atoms with Gasteiger partial charge in [-0.25, -0.2) is 4.98 Å². The molecule has 0 radical (unpaired) electrons. The fourth-order valence-corrected chi connectivity index (χ4v) is 3.28. The number of ether oxygens (including phenoxy) is 1. The summed E-state index contributed by atoms with van der Waals surface area (Å²) in [5.41, 5.74) is 1.92. The zero-order valence-corrected chi connectivity index (χ0v) is 16.4. The van der Waals surface area contributed by atoms with Gasteiger partial charge in [0.2, 0.25) is 0 Å². The maximum absolute atomic E-state index is 12.8. The number of benzene rings is 1. The standard InChI is InChI=1S/C21H28N4O2/c1-23(2)20-10-5-17(15-22-20)16-24-11-4-12-25(14-13-24)21(26)18-6-8-19(27-3)9-7-18/h5-10,15H,4,11-14,16H2,1-3H3. The number of rotatable bonds is 5. The van der Waals surface area contributed by atoms with E-state index in [0.717, 1.165) is 50.7 Å².